The van der Waals surface area contributed by atoms with Gasteiger partial charge in [0, 0.05) is 46.0 Å². The van der Waals surface area contributed by atoms with Gasteiger partial charge in [-0.3, -0.25) is 9.29 Å². The molecule has 1 aromatic heterocycles. The molecule has 0 bridgehead atoms. The molecule has 49 heavy (non-hydrogen) atoms. The molecule has 1 atom stereocenters. The van der Waals surface area contributed by atoms with Crippen LogP contribution in [-0.4, -0.2) is 37.7 Å². The van der Waals surface area contributed by atoms with Crippen LogP contribution in [0, 0.1) is 0 Å². The van der Waals surface area contributed by atoms with Crippen LogP contribution in [0.25, 0.3) is 10.8 Å². The Morgan fingerprint density at radius 3 is 2.31 bits per heavy atom. The van der Waals surface area contributed by atoms with Crippen molar-refractivity contribution in [2.75, 3.05) is 34.0 Å². The number of carbonyl (C=O) groups is 1. The molecule has 14 heteroatoms. The predicted octanol–water partition coefficient (Wildman–Crippen LogP) is 8.06. The highest BCUT2D eigenvalue weighted by Crippen LogP contribution is 2.36. The van der Waals surface area contributed by atoms with Gasteiger partial charge in [0.05, 0.1) is 30.9 Å². The maximum atomic E-state index is 13.2. The predicted molar refractivity (Wildman–Crippen MR) is 196 cm³/mol. The van der Waals surface area contributed by atoms with Gasteiger partial charge < -0.3 is 30.3 Å². The van der Waals surface area contributed by atoms with Crippen LogP contribution in [0.15, 0.2) is 91.1 Å². The first-order chi connectivity index (χ1) is 23.2. The third-order valence-corrected chi connectivity index (χ3v) is 8.64. The minimum atomic E-state index is -3.53. The Morgan fingerprint density at radius 2 is 1.61 bits per heavy atom. The lowest BCUT2D eigenvalue weighted by atomic mass is 9.86. The number of methoxy groups -OCH3 is 1. The fraction of sp³-hybridized carbons (Fsp3) is 0.200. The van der Waals surface area contributed by atoms with Crippen LogP contribution in [0.2, 0.25) is 0 Å². The Bertz CT molecular complexity index is 2150. The molecule has 5 aromatic rings. The number of nitrogens with zero attached hydrogens (tertiary/aromatic N) is 1. The zero-order chi connectivity index (χ0) is 35.3. The Morgan fingerprint density at radius 1 is 0.878 bits per heavy atom. The lowest BCUT2D eigenvalue weighted by Crippen LogP contribution is -2.21. The highest BCUT2D eigenvalue weighted by molar-refractivity contribution is 7.92. The highest BCUT2D eigenvalue weighted by Gasteiger charge is 2.18. The number of urea groups is 1. The molecule has 256 valence electrons. The molecule has 0 aliphatic rings. The van der Waals surface area contributed by atoms with Crippen LogP contribution >= 0.6 is 8.03 Å². The lowest BCUT2D eigenvalue weighted by molar-refractivity contribution is 0.262. The maximum Gasteiger partial charge on any atom is 0.323 e. The van der Waals surface area contributed by atoms with Gasteiger partial charge in [-0.05, 0) is 53.4 Å². The summed E-state index contributed by atoms with van der Waals surface area (Å²) in [6.07, 6.45) is 2.71. The molecular weight excluding hydrogens is 665 g/mol. The van der Waals surface area contributed by atoms with Crippen LogP contribution in [0.5, 0.6) is 17.2 Å². The standard InChI is InChI=1S/C35H38N5O7PS/c1-35(2,3)23-16-25(18-26(17-23)40-49(5,44)45)38-34(41)39-30-12-13-31(29-9-7-6-8-28(29)30)47-27-14-15-36-33(20-27)37-24-11-10-22(21-48(42)43)32(19-24)46-4/h6-20,40,48H,21H2,1-5H3,(H,36,37)(H,42,43)(H2,38,39,41). The molecule has 5 N–H and O–H groups in total. The van der Waals surface area contributed by atoms with Gasteiger partial charge in [-0.1, -0.05) is 51.1 Å². The van der Waals surface area contributed by atoms with Crippen LogP contribution in [-0.2, 0) is 26.2 Å². The van der Waals surface area contributed by atoms with Gasteiger partial charge in [0.2, 0.25) is 10.0 Å². The number of aromatic nitrogens is 1. The maximum absolute atomic E-state index is 13.2. The number of carbonyl (C=O) groups excluding carboxylic acids is 1. The molecule has 4 aromatic carbocycles. The SMILES string of the molecule is COc1cc(Nc2cc(Oc3ccc(NC(=O)Nc4cc(NS(C)(=O)=O)cc(C(C)(C)C)c4)c4ccccc34)ccn2)ccc1C[PH](=O)O. The summed E-state index contributed by atoms with van der Waals surface area (Å²) in [5.41, 5.74) is 3.17. The van der Waals surface area contributed by atoms with E-state index in [2.05, 4.69) is 25.7 Å². The second-order valence-corrected chi connectivity index (χ2v) is 15.2. The second kappa shape index (κ2) is 14.6. The summed E-state index contributed by atoms with van der Waals surface area (Å²) < 4.78 is 49.3. The van der Waals surface area contributed by atoms with Gasteiger partial charge in [-0.25, -0.2) is 18.2 Å². The van der Waals surface area contributed by atoms with Gasteiger partial charge in [0.15, 0.2) is 8.03 Å². The second-order valence-electron chi connectivity index (χ2n) is 12.4. The van der Waals surface area contributed by atoms with Crippen molar-refractivity contribution in [3.8, 4) is 17.2 Å². The molecule has 1 unspecified atom stereocenters. The van der Waals surface area contributed by atoms with Crippen LogP contribution < -0.4 is 30.1 Å². The van der Waals surface area contributed by atoms with Crippen LogP contribution in [0.1, 0.15) is 31.9 Å². The van der Waals surface area contributed by atoms with E-state index in [9.17, 15) is 22.7 Å². The number of fused-ring (bicyclic) bond motifs is 1. The molecule has 0 spiro atoms. The Hall–Kier alpha value is -5.10. The lowest BCUT2D eigenvalue weighted by Gasteiger charge is -2.22. The summed E-state index contributed by atoms with van der Waals surface area (Å²) in [6.45, 7) is 5.99. The molecule has 0 saturated heterocycles. The molecule has 12 nitrogen and oxygen atoms in total. The number of anilines is 5. The number of benzene rings is 4. The van der Waals surface area contributed by atoms with Crippen molar-refractivity contribution < 1.29 is 32.1 Å². The summed E-state index contributed by atoms with van der Waals surface area (Å²) in [7, 11) is -4.72. The zero-order valence-corrected chi connectivity index (χ0v) is 29.4. The Labute approximate surface area is 285 Å². The number of sulfonamides is 1. The third kappa shape index (κ3) is 9.50. The molecule has 0 aliphatic carbocycles. The number of nitrogens with one attached hydrogen (secondary N) is 4. The molecule has 0 radical (unpaired) electrons. The summed E-state index contributed by atoms with van der Waals surface area (Å²) in [4.78, 5) is 26.9. The van der Waals surface area contributed by atoms with Crippen molar-refractivity contribution in [3.63, 3.8) is 0 Å². The summed E-state index contributed by atoms with van der Waals surface area (Å²) in [6, 6.07) is 24.3. The van der Waals surface area contributed by atoms with E-state index in [1.54, 1.807) is 60.8 Å². The Kier molecular flexibility index (Phi) is 10.5. The van der Waals surface area contributed by atoms with E-state index in [1.165, 1.54) is 7.11 Å². The van der Waals surface area contributed by atoms with Crippen molar-refractivity contribution in [1.29, 1.82) is 0 Å². The van der Waals surface area contributed by atoms with E-state index >= 15 is 0 Å². The van der Waals surface area contributed by atoms with E-state index in [1.807, 2.05) is 51.1 Å². The number of rotatable bonds is 11. The topological polar surface area (TPSA) is 168 Å². The van der Waals surface area contributed by atoms with Crippen LogP contribution in [0.3, 0.4) is 0 Å². The van der Waals surface area contributed by atoms with E-state index in [-0.39, 0.29) is 11.6 Å². The average molecular weight is 704 g/mol. The van der Waals surface area contributed by atoms with E-state index in [0.29, 0.717) is 51.4 Å². The van der Waals surface area contributed by atoms with Crippen LogP contribution in [0.4, 0.5) is 33.4 Å². The smallest absolute Gasteiger partial charge is 0.323 e. The van der Waals surface area contributed by atoms with E-state index < -0.39 is 24.1 Å². The van der Waals surface area contributed by atoms with Gasteiger partial charge in [-0.15, -0.1) is 0 Å². The van der Waals surface area contributed by atoms with Crippen molar-refractivity contribution in [2.24, 2.45) is 0 Å². The fourth-order valence-electron chi connectivity index (χ4n) is 5.11. The number of ether oxygens (including phenoxy) is 2. The van der Waals surface area contributed by atoms with E-state index in [4.69, 9.17) is 9.47 Å². The van der Waals surface area contributed by atoms with Crippen molar-refractivity contribution in [2.45, 2.75) is 32.3 Å². The number of hydrogen-bond donors (Lipinski definition) is 5. The molecule has 0 saturated carbocycles. The molecular formula is C35H38N5O7PS. The molecule has 0 aliphatic heterocycles. The number of amides is 2. The molecule has 0 fully saturated rings. The highest BCUT2D eigenvalue weighted by atomic mass is 32.2. The van der Waals surface area contributed by atoms with Gasteiger partial charge in [-0.2, -0.15) is 0 Å². The number of pyridine rings is 1. The fourth-order valence-corrected chi connectivity index (χ4v) is 6.27. The summed E-state index contributed by atoms with van der Waals surface area (Å²) >= 11 is 0. The minimum Gasteiger partial charge on any atom is -0.496 e. The first kappa shape index (κ1) is 35.2. The number of hydrogen-bond acceptors (Lipinski definition) is 8. The summed E-state index contributed by atoms with van der Waals surface area (Å²) in [5.74, 6) is 2.07. The molecule has 5 rings (SSSR count). The van der Waals surface area contributed by atoms with E-state index in [0.717, 1.165) is 22.6 Å². The minimum absolute atomic E-state index is 0.0276. The first-order valence-electron chi connectivity index (χ1n) is 15.2. The summed E-state index contributed by atoms with van der Waals surface area (Å²) in [5, 5.41) is 10.4. The largest absolute Gasteiger partial charge is 0.496 e. The van der Waals surface area contributed by atoms with Gasteiger partial charge in [0.1, 0.15) is 23.1 Å². The van der Waals surface area contributed by atoms with Gasteiger partial charge in [0.25, 0.3) is 0 Å². The quantitative estimate of drug-likeness (QED) is 0.0855. The molecule has 1 heterocycles. The van der Waals surface area contributed by atoms with Crippen molar-refractivity contribution >= 4 is 63.4 Å². The van der Waals surface area contributed by atoms with Crippen molar-refractivity contribution in [1.82, 2.24) is 4.98 Å². The molecule has 2 amide bonds. The Balaban J connectivity index is 1.34. The van der Waals surface area contributed by atoms with Gasteiger partial charge >= 0.3 is 6.03 Å². The average Bonchev–Trinajstić information content (AvgIpc) is 3.01. The zero-order valence-electron chi connectivity index (χ0n) is 27.6. The third-order valence-electron chi connectivity index (χ3n) is 7.35. The first-order valence-corrected chi connectivity index (χ1v) is 18.6. The van der Waals surface area contributed by atoms with Crippen molar-refractivity contribution in [3.05, 3.63) is 102 Å². The monoisotopic (exact) mass is 703 g/mol. The normalized spacial score (nSPS) is 12.2.